The van der Waals surface area contributed by atoms with Crippen LogP contribution in [0.1, 0.15) is 37.3 Å². The maximum absolute atomic E-state index is 13.1. The lowest BCUT2D eigenvalue weighted by molar-refractivity contribution is -0.138. The molecule has 1 aliphatic heterocycles. The number of hydrogen-bond donors (Lipinski definition) is 3. The van der Waals surface area contributed by atoms with Gasteiger partial charge in [0.05, 0.1) is 24.1 Å². The predicted molar refractivity (Wildman–Crippen MR) is 116 cm³/mol. The average Bonchev–Trinajstić information content (AvgIpc) is 2.79. The first-order valence-corrected chi connectivity index (χ1v) is 10.6. The summed E-state index contributed by atoms with van der Waals surface area (Å²) in [4.78, 5) is 35.2. The summed E-state index contributed by atoms with van der Waals surface area (Å²) in [5, 5.41) is 16.5. The van der Waals surface area contributed by atoms with Crippen LogP contribution in [-0.2, 0) is 15.8 Å². The lowest BCUT2D eigenvalue weighted by Crippen LogP contribution is -2.37. The van der Waals surface area contributed by atoms with Crippen LogP contribution in [0.5, 0.6) is 0 Å². The third-order valence-corrected chi connectivity index (χ3v) is 5.35. The van der Waals surface area contributed by atoms with E-state index in [1.165, 1.54) is 6.20 Å². The molecule has 1 fully saturated rings. The minimum absolute atomic E-state index is 0.126. The Kier molecular flexibility index (Phi) is 8.06. The van der Waals surface area contributed by atoms with Gasteiger partial charge in [-0.15, -0.1) is 0 Å². The minimum Gasteiger partial charge on any atom is -0.378 e. The van der Waals surface area contributed by atoms with Crippen LogP contribution in [0.15, 0.2) is 29.3 Å². The molecule has 1 saturated heterocycles. The number of piperidine rings is 1. The second-order valence-electron chi connectivity index (χ2n) is 8.02. The number of rotatable bonds is 8. The number of hydroxylamine groups is 1. The number of carbonyl (C=O) groups is 1. The number of H-pyrrole nitrogens is 1. The Balaban J connectivity index is 1.39. The topological polar surface area (TPSA) is 136 Å². The van der Waals surface area contributed by atoms with E-state index in [-0.39, 0.29) is 24.9 Å². The maximum Gasteiger partial charge on any atom is 0.423 e. The summed E-state index contributed by atoms with van der Waals surface area (Å²) in [6.45, 7) is 2.87. The standard InChI is InChI=1S/C21H24F3N7O3/c1-13(28-16-11-27-29-20(33)19(16)21(22,23)24)12-34-30-18(32)8-14-4-6-31(7-5-14)17-3-2-15(9-25)10-26-17/h2-3,10-11,13-14H,4-8,12H2,1H3,(H,30,32)(H2,28,29,33)/t13-/m0/s1. The normalized spacial score (nSPS) is 15.4. The zero-order valence-corrected chi connectivity index (χ0v) is 18.4. The van der Waals surface area contributed by atoms with Crippen LogP contribution in [0, 0.1) is 17.2 Å². The molecule has 1 atom stereocenters. The summed E-state index contributed by atoms with van der Waals surface area (Å²) in [7, 11) is 0. The molecule has 0 unspecified atom stereocenters. The quantitative estimate of drug-likeness (QED) is 0.491. The third-order valence-electron chi connectivity index (χ3n) is 5.35. The Morgan fingerprint density at radius 2 is 2.09 bits per heavy atom. The van der Waals surface area contributed by atoms with Gasteiger partial charge in [-0.3, -0.25) is 14.4 Å². The van der Waals surface area contributed by atoms with Crippen molar-refractivity contribution in [2.75, 3.05) is 29.9 Å². The molecular formula is C21H24F3N7O3. The molecule has 13 heteroatoms. The summed E-state index contributed by atoms with van der Waals surface area (Å²) in [5.74, 6) is 0.622. The van der Waals surface area contributed by atoms with Crippen LogP contribution in [0.4, 0.5) is 24.7 Å². The van der Waals surface area contributed by atoms with Gasteiger partial charge in [-0.1, -0.05) is 0 Å². The lowest BCUT2D eigenvalue weighted by atomic mass is 9.93. The van der Waals surface area contributed by atoms with E-state index in [1.54, 1.807) is 24.2 Å². The number of halogens is 3. The molecular weight excluding hydrogens is 455 g/mol. The van der Waals surface area contributed by atoms with Gasteiger partial charge in [-0.25, -0.2) is 15.6 Å². The van der Waals surface area contributed by atoms with Gasteiger partial charge in [0.15, 0.2) is 0 Å². The molecule has 0 aromatic carbocycles. The van der Waals surface area contributed by atoms with Gasteiger partial charge in [-0.05, 0) is 37.8 Å². The van der Waals surface area contributed by atoms with Crippen molar-refractivity contribution in [3.63, 3.8) is 0 Å². The first kappa shape index (κ1) is 25.0. The zero-order valence-electron chi connectivity index (χ0n) is 18.4. The number of aromatic nitrogens is 3. The molecule has 3 rings (SSSR count). The number of alkyl halides is 3. The molecule has 3 N–H and O–H groups in total. The Hall–Kier alpha value is -3.66. The second kappa shape index (κ2) is 11.0. The highest BCUT2D eigenvalue weighted by Crippen LogP contribution is 2.31. The average molecular weight is 479 g/mol. The Morgan fingerprint density at radius 3 is 2.71 bits per heavy atom. The van der Waals surface area contributed by atoms with Gasteiger partial charge in [0.1, 0.15) is 17.5 Å². The second-order valence-corrected chi connectivity index (χ2v) is 8.02. The Morgan fingerprint density at radius 1 is 1.35 bits per heavy atom. The maximum atomic E-state index is 13.1. The minimum atomic E-state index is -4.85. The van der Waals surface area contributed by atoms with Crippen LogP contribution in [0.25, 0.3) is 0 Å². The highest BCUT2D eigenvalue weighted by Gasteiger charge is 2.37. The van der Waals surface area contributed by atoms with Crippen LogP contribution in [-0.4, -0.2) is 46.8 Å². The van der Waals surface area contributed by atoms with Crippen molar-refractivity contribution in [3.05, 3.63) is 46.0 Å². The number of nitrogens with one attached hydrogen (secondary N) is 3. The Bertz CT molecular complexity index is 1070. The molecule has 0 saturated carbocycles. The van der Waals surface area contributed by atoms with Gasteiger partial charge < -0.3 is 10.2 Å². The molecule has 10 nitrogen and oxygen atoms in total. The third kappa shape index (κ3) is 6.67. The number of hydrogen-bond acceptors (Lipinski definition) is 8. The molecule has 182 valence electrons. The van der Waals surface area contributed by atoms with Crippen LogP contribution < -0.4 is 21.3 Å². The van der Waals surface area contributed by atoms with Crippen molar-refractivity contribution in [1.29, 1.82) is 5.26 Å². The number of aromatic amines is 1. The predicted octanol–water partition coefficient (Wildman–Crippen LogP) is 2.21. The first-order chi connectivity index (χ1) is 16.2. The molecule has 3 heterocycles. The fraction of sp³-hybridized carbons (Fsp3) is 0.476. The molecule has 2 aromatic heterocycles. The molecule has 0 radical (unpaired) electrons. The molecule has 1 amide bonds. The number of nitriles is 1. The molecule has 1 aliphatic rings. The van der Waals surface area contributed by atoms with E-state index in [2.05, 4.69) is 25.8 Å². The van der Waals surface area contributed by atoms with Gasteiger partial charge in [0, 0.05) is 31.7 Å². The van der Waals surface area contributed by atoms with E-state index < -0.39 is 29.0 Å². The van der Waals surface area contributed by atoms with Crippen molar-refractivity contribution in [1.82, 2.24) is 20.7 Å². The van der Waals surface area contributed by atoms with E-state index in [1.807, 2.05) is 6.07 Å². The zero-order chi connectivity index (χ0) is 24.7. The number of carbonyl (C=O) groups excluding carboxylic acids is 1. The summed E-state index contributed by atoms with van der Waals surface area (Å²) in [6.07, 6.45) is -0.630. The number of anilines is 2. The fourth-order valence-electron chi connectivity index (χ4n) is 3.65. The summed E-state index contributed by atoms with van der Waals surface area (Å²) < 4.78 is 39.3. The fourth-order valence-corrected chi connectivity index (χ4v) is 3.65. The van der Waals surface area contributed by atoms with Crippen LogP contribution in [0.2, 0.25) is 0 Å². The molecule has 0 spiro atoms. The van der Waals surface area contributed by atoms with E-state index >= 15 is 0 Å². The number of amides is 1. The van der Waals surface area contributed by atoms with Crippen molar-refractivity contribution in [2.45, 2.75) is 38.4 Å². The van der Waals surface area contributed by atoms with Crippen LogP contribution in [0.3, 0.4) is 0 Å². The highest BCUT2D eigenvalue weighted by atomic mass is 19.4. The largest absolute Gasteiger partial charge is 0.423 e. The highest BCUT2D eigenvalue weighted by molar-refractivity contribution is 5.75. The van der Waals surface area contributed by atoms with E-state index in [4.69, 9.17) is 10.1 Å². The molecule has 0 bridgehead atoms. The molecule has 0 aliphatic carbocycles. The summed E-state index contributed by atoms with van der Waals surface area (Å²) in [6, 6.07) is 4.90. The van der Waals surface area contributed by atoms with E-state index in [0.717, 1.165) is 37.9 Å². The van der Waals surface area contributed by atoms with Crippen molar-refractivity contribution >= 4 is 17.4 Å². The van der Waals surface area contributed by atoms with Gasteiger partial charge in [0.2, 0.25) is 5.91 Å². The van der Waals surface area contributed by atoms with Crippen molar-refractivity contribution in [3.8, 4) is 6.07 Å². The summed E-state index contributed by atoms with van der Waals surface area (Å²) >= 11 is 0. The van der Waals surface area contributed by atoms with Gasteiger partial charge in [-0.2, -0.15) is 23.5 Å². The van der Waals surface area contributed by atoms with E-state index in [9.17, 15) is 22.8 Å². The number of pyridine rings is 1. The van der Waals surface area contributed by atoms with Crippen LogP contribution >= 0.6 is 0 Å². The molecule has 34 heavy (non-hydrogen) atoms. The summed E-state index contributed by atoms with van der Waals surface area (Å²) in [5.41, 5.74) is -0.379. The van der Waals surface area contributed by atoms with Crippen molar-refractivity contribution in [2.24, 2.45) is 5.92 Å². The lowest BCUT2D eigenvalue weighted by Gasteiger charge is -2.32. The SMILES string of the molecule is C[C@@H](CONC(=O)CC1CCN(c2ccc(C#N)cn2)CC1)Nc1cn[nH]c(=O)c1C(F)(F)F. The monoisotopic (exact) mass is 479 g/mol. The van der Waals surface area contributed by atoms with Gasteiger partial charge >= 0.3 is 6.18 Å². The number of nitrogens with zero attached hydrogens (tertiary/aromatic N) is 4. The Labute approximate surface area is 193 Å². The van der Waals surface area contributed by atoms with Gasteiger partial charge in [0.25, 0.3) is 5.56 Å². The first-order valence-electron chi connectivity index (χ1n) is 10.6. The molecule has 2 aromatic rings. The van der Waals surface area contributed by atoms with Crippen molar-refractivity contribution < 1.29 is 22.8 Å². The van der Waals surface area contributed by atoms with E-state index in [0.29, 0.717) is 5.56 Å². The smallest absolute Gasteiger partial charge is 0.378 e.